The van der Waals surface area contributed by atoms with Crippen LogP contribution in [-0.2, 0) is 17.8 Å². The molecule has 4 nitrogen and oxygen atoms in total. The third-order valence-corrected chi connectivity index (χ3v) is 3.90. The molecule has 0 aliphatic heterocycles. The number of rotatable bonds is 7. The molecule has 0 aliphatic carbocycles. The molecule has 0 unspecified atom stereocenters. The van der Waals surface area contributed by atoms with E-state index in [4.69, 9.17) is 11.1 Å². The van der Waals surface area contributed by atoms with Crippen LogP contribution in [0, 0.1) is 5.41 Å². The van der Waals surface area contributed by atoms with Gasteiger partial charge in [0.05, 0.1) is 5.54 Å². The number of carbonyl (C=O) groups is 1. The van der Waals surface area contributed by atoms with Crippen LogP contribution in [0.5, 0.6) is 0 Å². The minimum atomic E-state index is -0.602. The van der Waals surface area contributed by atoms with E-state index in [0.717, 1.165) is 11.1 Å². The molecule has 0 saturated carbocycles. The fourth-order valence-corrected chi connectivity index (χ4v) is 2.23. The second kappa shape index (κ2) is 7.20. The van der Waals surface area contributed by atoms with Crippen LogP contribution >= 0.6 is 0 Å². The SMILES string of the molecule is CC(C)(NCc1ccc(C(=N)N)cc1)C(=O)Cc1ccccc1. The van der Waals surface area contributed by atoms with Crippen LogP contribution in [0.25, 0.3) is 0 Å². The molecule has 0 saturated heterocycles. The van der Waals surface area contributed by atoms with Crippen molar-refractivity contribution in [1.82, 2.24) is 5.32 Å². The summed E-state index contributed by atoms with van der Waals surface area (Å²) in [4.78, 5) is 12.5. The number of Topliss-reactive ketones (excluding diaryl/α,β-unsaturated/α-hetero) is 1. The molecule has 0 bridgehead atoms. The molecule has 2 rings (SSSR count). The first kappa shape index (κ1) is 16.9. The van der Waals surface area contributed by atoms with Crippen molar-refractivity contribution in [2.75, 3.05) is 0 Å². The van der Waals surface area contributed by atoms with Crippen molar-refractivity contribution in [3.05, 3.63) is 71.3 Å². The van der Waals surface area contributed by atoms with Crippen LogP contribution in [0.4, 0.5) is 0 Å². The molecular formula is C19H23N3O. The smallest absolute Gasteiger partial charge is 0.156 e. The van der Waals surface area contributed by atoms with Gasteiger partial charge in [0.25, 0.3) is 0 Å². The van der Waals surface area contributed by atoms with E-state index in [2.05, 4.69) is 5.32 Å². The number of hydrogen-bond acceptors (Lipinski definition) is 3. The van der Waals surface area contributed by atoms with Crippen molar-refractivity contribution in [3.63, 3.8) is 0 Å². The molecule has 120 valence electrons. The fourth-order valence-electron chi connectivity index (χ4n) is 2.23. The standard InChI is InChI=1S/C19H23N3O/c1-19(2,17(23)12-14-6-4-3-5-7-14)22-13-15-8-10-16(11-9-15)18(20)21/h3-11,22H,12-13H2,1-2H3,(H3,20,21). The van der Waals surface area contributed by atoms with Gasteiger partial charge in [0, 0.05) is 18.5 Å². The Morgan fingerprint density at radius 3 is 2.22 bits per heavy atom. The zero-order valence-electron chi connectivity index (χ0n) is 13.6. The van der Waals surface area contributed by atoms with Crippen molar-refractivity contribution in [2.24, 2.45) is 5.73 Å². The summed E-state index contributed by atoms with van der Waals surface area (Å²) in [5, 5.41) is 10.7. The highest BCUT2D eigenvalue weighted by molar-refractivity contribution is 5.94. The number of benzene rings is 2. The Morgan fingerprint density at radius 2 is 1.65 bits per heavy atom. The molecule has 4 heteroatoms. The van der Waals surface area contributed by atoms with Crippen molar-refractivity contribution in [1.29, 1.82) is 5.41 Å². The lowest BCUT2D eigenvalue weighted by atomic mass is 9.93. The van der Waals surface area contributed by atoms with E-state index in [1.54, 1.807) is 0 Å². The first-order valence-corrected chi connectivity index (χ1v) is 7.64. The Kier molecular flexibility index (Phi) is 5.29. The Hall–Kier alpha value is -2.46. The Bertz CT molecular complexity index is 676. The van der Waals surface area contributed by atoms with Gasteiger partial charge in [-0.3, -0.25) is 10.2 Å². The number of carbonyl (C=O) groups excluding carboxylic acids is 1. The largest absolute Gasteiger partial charge is 0.384 e. The first-order valence-electron chi connectivity index (χ1n) is 7.64. The van der Waals surface area contributed by atoms with E-state index in [-0.39, 0.29) is 11.6 Å². The maximum atomic E-state index is 12.5. The Balaban J connectivity index is 1.95. The molecule has 23 heavy (non-hydrogen) atoms. The number of nitrogens with one attached hydrogen (secondary N) is 2. The lowest BCUT2D eigenvalue weighted by Crippen LogP contribution is -2.47. The van der Waals surface area contributed by atoms with Crippen molar-refractivity contribution < 1.29 is 4.79 Å². The molecule has 2 aromatic rings. The predicted molar refractivity (Wildman–Crippen MR) is 93.5 cm³/mol. The second-order valence-electron chi connectivity index (χ2n) is 6.17. The molecule has 0 amide bonds. The molecule has 0 radical (unpaired) electrons. The van der Waals surface area contributed by atoms with Gasteiger partial charge in [0.15, 0.2) is 5.78 Å². The highest BCUT2D eigenvalue weighted by atomic mass is 16.1. The summed E-state index contributed by atoms with van der Waals surface area (Å²) in [5.74, 6) is 0.215. The average Bonchev–Trinajstić information content (AvgIpc) is 2.54. The van der Waals surface area contributed by atoms with Gasteiger partial charge in [0.1, 0.15) is 5.84 Å². The number of nitrogen functional groups attached to an aromatic ring is 1. The van der Waals surface area contributed by atoms with E-state index >= 15 is 0 Å². The molecule has 0 fully saturated rings. The maximum absolute atomic E-state index is 12.5. The summed E-state index contributed by atoms with van der Waals surface area (Å²) < 4.78 is 0. The summed E-state index contributed by atoms with van der Waals surface area (Å²) in [5.41, 5.74) is 7.62. The number of amidine groups is 1. The van der Waals surface area contributed by atoms with Gasteiger partial charge in [-0.2, -0.15) is 0 Å². The van der Waals surface area contributed by atoms with E-state index in [1.807, 2.05) is 68.4 Å². The fraction of sp³-hybridized carbons (Fsp3) is 0.263. The van der Waals surface area contributed by atoms with E-state index in [1.165, 1.54) is 0 Å². The van der Waals surface area contributed by atoms with Gasteiger partial charge in [-0.05, 0) is 25.0 Å². The molecule has 0 spiro atoms. The van der Waals surface area contributed by atoms with Gasteiger partial charge in [0.2, 0.25) is 0 Å². The normalized spacial score (nSPS) is 11.2. The average molecular weight is 309 g/mol. The molecule has 0 atom stereocenters. The molecule has 4 N–H and O–H groups in total. The summed E-state index contributed by atoms with van der Waals surface area (Å²) in [6.45, 7) is 4.40. The summed E-state index contributed by atoms with van der Waals surface area (Å²) >= 11 is 0. The van der Waals surface area contributed by atoms with E-state index in [9.17, 15) is 4.79 Å². The first-order chi connectivity index (χ1) is 10.9. The predicted octanol–water partition coefficient (Wildman–Crippen LogP) is 2.65. The third-order valence-electron chi connectivity index (χ3n) is 3.90. The van der Waals surface area contributed by atoms with Crippen molar-refractivity contribution in [2.45, 2.75) is 32.4 Å². The number of ketones is 1. The van der Waals surface area contributed by atoms with Gasteiger partial charge >= 0.3 is 0 Å². The summed E-state index contributed by atoms with van der Waals surface area (Å²) in [6.07, 6.45) is 0.421. The molecule has 0 aliphatic rings. The van der Waals surface area contributed by atoms with Crippen molar-refractivity contribution in [3.8, 4) is 0 Å². The molecule has 0 heterocycles. The zero-order chi connectivity index (χ0) is 16.9. The van der Waals surface area contributed by atoms with Gasteiger partial charge in [-0.1, -0.05) is 54.6 Å². The molecule has 2 aromatic carbocycles. The monoisotopic (exact) mass is 309 g/mol. The minimum absolute atomic E-state index is 0.0582. The highest BCUT2D eigenvalue weighted by Gasteiger charge is 2.26. The van der Waals surface area contributed by atoms with Crippen LogP contribution in [-0.4, -0.2) is 17.2 Å². The van der Waals surface area contributed by atoms with Gasteiger partial charge < -0.3 is 11.1 Å². The zero-order valence-corrected chi connectivity index (χ0v) is 13.6. The minimum Gasteiger partial charge on any atom is -0.384 e. The lowest BCUT2D eigenvalue weighted by Gasteiger charge is -2.25. The van der Waals surface area contributed by atoms with Crippen molar-refractivity contribution >= 4 is 11.6 Å². The van der Waals surface area contributed by atoms with E-state index in [0.29, 0.717) is 18.5 Å². The highest BCUT2D eigenvalue weighted by Crippen LogP contribution is 2.12. The van der Waals surface area contributed by atoms with Crippen LogP contribution < -0.4 is 11.1 Å². The Labute approximate surface area is 137 Å². The summed E-state index contributed by atoms with van der Waals surface area (Å²) in [7, 11) is 0. The van der Waals surface area contributed by atoms with Crippen LogP contribution in [0.3, 0.4) is 0 Å². The van der Waals surface area contributed by atoms with Crippen LogP contribution in [0.15, 0.2) is 54.6 Å². The summed E-state index contributed by atoms with van der Waals surface area (Å²) in [6, 6.07) is 17.2. The lowest BCUT2D eigenvalue weighted by molar-refractivity contribution is -0.123. The molecular weight excluding hydrogens is 286 g/mol. The maximum Gasteiger partial charge on any atom is 0.156 e. The third kappa shape index (κ3) is 4.76. The quantitative estimate of drug-likeness (QED) is 0.543. The van der Waals surface area contributed by atoms with Crippen LogP contribution in [0.1, 0.15) is 30.5 Å². The van der Waals surface area contributed by atoms with Gasteiger partial charge in [-0.15, -0.1) is 0 Å². The van der Waals surface area contributed by atoms with Gasteiger partial charge in [-0.25, -0.2) is 0 Å². The molecule has 0 aromatic heterocycles. The number of nitrogens with two attached hydrogens (primary N) is 1. The Morgan fingerprint density at radius 1 is 1.04 bits per heavy atom. The van der Waals surface area contributed by atoms with E-state index < -0.39 is 5.54 Å². The van der Waals surface area contributed by atoms with Crippen LogP contribution in [0.2, 0.25) is 0 Å². The number of hydrogen-bond donors (Lipinski definition) is 3. The second-order valence-corrected chi connectivity index (χ2v) is 6.17. The topological polar surface area (TPSA) is 79.0 Å².